The number of allylic oxidation sites excluding steroid dienone is 3. The lowest BCUT2D eigenvalue weighted by Gasteiger charge is -2.31. The van der Waals surface area contributed by atoms with E-state index < -0.39 is 39.4 Å². The number of aliphatic hydroxyl groups is 1. The van der Waals surface area contributed by atoms with Gasteiger partial charge in [-0.1, -0.05) is 60.9 Å². The molecule has 2 atom stereocenters. The third kappa shape index (κ3) is 10.9. The number of Topliss-reactive ketones (excluding diaryl/α,β-unsaturated/α-hetero) is 1. The molecule has 3 aromatic rings. The molecule has 0 radical (unpaired) electrons. The fourth-order valence-corrected chi connectivity index (χ4v) is 6.22. The van der Waals surface area contributed by atoms with Gasteiger partial charge >= 0.3 is 12.3 Å². The van der Waals surface area contributed by atoms with Crippen LogP contribution >= 0.6 is 35.0 Å². The molecule has 0 unspecified atom stereocenters. The topological polar surface area (TPSA) is 144 Å². The maximum Gasteiger partial charge on any atom is 0.513 e. The van der Waals surface area contributed by atoms with Crippen LogP contribution < -0.4 is 14.9 Å². The lowest BCUT2D eigenvalue weighted by molar-refractivity contribution is -0.160. The minimum atomic E-state index is -5.17. The number of fused-ring (bicyclic) bond motifs is 1. The number of phenolic OH excluding ortho intramolecular Hbond substituents is 1. The van der Waals surface area contributed by atoms with Crippen LogP contribution in [0.2, 0.25) is 0 Å². The fourth-order valence-electron chi connectivity index (χ4n) is 4.66. The molecule has 2 aromatic carbocycles. The maximum atomic E-state index is 13.6. The molecule has 0 aliphatic heterocycles. The van der Waals surface area contributed by atoms with E-state index >= 15 is 0 Å². The largest absolute Gasteiger partial charge is 0.513 e. The Kier molecular flexibility index (Phi) is 14.5. The summed E-state index contributed by atoms with van der Waals surface area (Å²) in [6, 6.07) is 8.12. The smallest absolute Gasteiger partial charge is 0.507 e. The van der Waals surface area contributed by atoms with Gasteiger partial charge in [-0.25, -0.2) is 4.79 Å². The molecule has 3 rings (SSSR count). The van der Waals surface area contributed by atoms with Crippen LogP contribution in [-0.2, 0) is 6.42 Å². The quantitative estimate of drug-likeness (QED) is 0.0306. The maximum absolute atomic E-state index is 13.6. The number of carboxylic acid groups (broad SMARTS) is 1. The standard InChI is InChI=1S/C34H35Cl2F3O9S/c1-3-11-24-26(16-15-22(20(2)40)30(24)42)46-17-10-8-6-4-5-7-9-12-28(31(43)33(35,36)34(37,38)39)49-21-13-14-23-25(41)19-29(48-32(44)45)47-27(23)18-21/h5,7,9,12-16,18-19,28,31,42-43H,3-4,6,8,10-11,17H2,1-2H3,(H,44,45)/b7-5-,12-9+/t28-,31+/m0/s1. The zero-order valence-electron chi connectivity index (χ0n) is 26.5. The van der Waals surface area contributed by atoms with E-state index in [4.69, 9.17) is 37.5 Å². The second-order valence-corrected chi connectivity index (χ2v) is 13.5. The van der Waals surface area contributed by atoms with Gasteiger partial charge in [0.1, 0.15) is 23.2 Å². The first-order valence-electron chi connectivity index (χ1n) is 15.2. The van der Waals surface area contributed by atoms with E-state index in [0.29, 0.717) is 30.8 Å². The first-order chi connectivity index (χ1) is 23.1. The van der Waals surface area contributed by atoms with Gasteiger partial charge in [-0.05, 0) is 69.4 Å². The van der Waals surface area contributed by atoms with Gasteiger partial charge in [0.05, 0.1) is 28.9 Å². The average Bonchev–Trinajstić information content (AvgIpc) is 3.01. The van der Waals surface area contributed by atoms with Crippen LogP contribution in [0, 0.1) is 0 Å². The number of hydrogen-bond donors (Lipinski definition) is 3. The van der Waals surface area contributed by atoms with Gasteiger partial charge in [0.25, 0.3) is 5.95 Å². The molecular weight excluding hydrogens is 712 g/mol. The van der Waals surface area contributed by atoms with Crippen LogP contribution in [-0.4, -0.2) is 55.7 Å². The molecule has 0 amide bonds. The van der Waals surface area contributed by atoms with Crippen molar-refractivity contribution in [2.75, 3.05) is 6.61 Å². The summed E-state index contributed by atoms with van der Waals surface area (Å²) in [5.74, 6) is -0.335. The summed E-state index contributed by atoms with van der Waals surface area (Å²) in [7, 11) is 0. The van der Waals surface area contributed by atoms with Gasteiger partial charge in [0, 0.05) is 10.5 Å². The van der Waals surface area contributed by atoms with Crippen LogP contribution in [0.4, 0.5) is 18.0 Å². The third-order valence-corrected chi connectivity index (χ3v) is 9.23. The van der Waals surface area contributed by atoms with Crippen LogP contribution in [0.1, 0.15) is 61.9 Å². The molecule has 266 valence electrons. The first-order valence-corrected chi connectivity index (χ1v) is 16.8. The van der Waals surface area contributed by atoms with Crippen LogP contribution in [0.15, 0.2) is 74.8 Å². The number of halogens is 5. The molecule has 3 N–H and O–H groups in total. The predicted octanol–water partition coefficient (Wildman–Crippen LogP) is 9.02. The molecule has 0 aliphatic rings. The molecule has 49 heavy (non-hydrogen) atoms. The minimum Gasteiger partial charge on any atom is -0.507 e. The second-order valence-electron chi connectivity index (χ2n) is 10.9. The molecule has 15 heteroatoms. The highest BCUT2D eigenvalue weighted by Crippen LogP contribution is 2.46. The van der Waals surface area contributed by atoms with Gasteiger partial charge in [-0.15, -0.1) is 11.8 Å². The predicted molar refractivity (Wildman–Crippen MR) is 182 cm³/mol. The van der Waals surface area contributed by atoms with Gasteiger partial charge in [0.2, 0.25) is 4.33 Å². The number of hydrogen-bond acceptors (Lipinski definition) is 9. The zero-order valence-corrected chi connectivity index (χ0v) is 28.8. The number of carbonyl (C=O) groups excluding carboxylic acids is 1. The second kappa shape index (κ2) is 17.8. The van der Waals surface area contributed by atoms with E-state index in [9.17, 15) is 37.8 Å². The molecule has 0 fully saturated rings. The van der Waals surface area contributed by atoms with Crippen molar-refractivity contribution in [3.8, 4) is 17.4 Å². The number of rotatable bonds is 17. The summed E-state index contributed by atoms with van der Waals surface area (Å²) in [5, 5.41) is 28.7. The number of aromatic hydroxyl groups is 1. The summed E-state index contributed by atoms with van der Waals surface area (Å²) >= 11 is 11.9. The summed E-state index contributed by atoms with van der Waals surface area (Å²) in [5.41, 5.74) is 0.158. The Morgan fingerprint density at radius 2 is 1.82 bits per heavy atom. The highest BCUT2D eigenvalue weighted by Gasteiger charge is 2.59. The van der Waals surface area contributed by atoms with Crippen molar-refractivity contribution in [2.45, 2.75) is 79.1 Å². The van der Waals surface area contributed by atoms with E-state index in [1.807, 2.05) is 6.92 Å². The molecule has 0 saturated carbocycles. The summed E-state index contributed by atoms with van der Waals surface area (Å²) in [4.78, 5) is 35.2. The molecule has 0 saturated heterocycles. The lowest BCUT2D eigenvalue weighted by atomic mass is 10.0. The number of carbonyl (C=O) groups is 2. The number of alkyl halides is 5. The average molecular weight is 748 g/mol. The van der Waals surface area contributed by atoms with Gasteiger partial charge in [-0.3, -0.25) is 9.59 Å². The van der Waals surface area contributed by atoms with Crippen LogP contribution in [0.25, 0.3) is 11.0 Å². The molecule has 0 aliphatic carbocycles. The van der Waals surface area contributed by atoms with Crippen molar-refractivity contribution in [2.24, 2.45) is 0 Å². The number of aliphatic hydroxyl groups excluding tert-OH is 1. The highest BCUT2D eigenvalue weighted by atomic mass is 35.5. The van der Waals surface area contributed by atoms with Gasteiger partial charge in [-0.2, -0.15) is 13.2 Å². The van der Waals surface area contributed by atoms with Crippen molar-refractivity contribution in [1.29, 1.82) is 0 Å². The molecule has 1 heterocycles. The molecule has 0 bridgehead atoms. The van der Waals surface area contributed by atoms with Crippen molar-refractivity contribution in [3.05, 3.63) is 82.1 Å². The SMILES string of the molecule is CCCc1c(OCCCCC/C=C\C=C\[C@H](Sc2ccc3c(=O)cc(OC(=O)O)oc3c2)[C@@H](O)C(Cl)(Cl)C(F)(F)F)ccc(C(C)=O)c1O. The minimum absolute atomic E-state index is 0.0494. The molecule has 0 spiro atoms. The molecule has 9 nitrogen and oxygen atoms in total. The summed E-state index contributed by atoms with van der Waals surface area (Å²) in [6.07, 6.45) is 1.23. The number of ketones is 1. The van der Waals surface area contributed by atoms with E-state index in [-0.39, 0.29) is 33.0 Å². The Bertz CT molecular complexity index is 1740. The Morgan fingerprint density at radius 1 is 1.08 bits per heavy atom. The zero-order chi connectivity index (χ0) is 36.4. The van der Waals surface area contributed by atoms with E-state index in [1.165, 1.54) is 37.3 Å². The molecule has 1 aromatic heterocycles. The van der Waals surface area contributed by atoms with E-state index in [2.05, 4.69) is 4.74 Å². The number of thioether (sulfide) groups is 1. The number of ether oxygens (including phenoxy) is 2. The Hall–Kier alpha value is -3.65. The van der Waals surface area contributed by atoms with Crippen molar-refractivity contribution in [3.63, 3.8) is 0 Å². The normalized spacial score (nSPS) is 13.6. The van der Waals surface area contributed by atoms with Crippen molar-refractivity contribution in [1.82, 2.24) is 0 Å². The number of unbranched alkanes of at least 4 members (excludes halogenated alkanes) is 3. The number of phenols is 1. The molecular formula is C34H35Cl2F3O9S. The van der Waals surface area contributed by atoms with Crippen molar-refractivity contribution >= 4 is 57.9 Å². The van der Waals surface area contributed by atoms with Crippen LogP contribution in [0.5, 0.6) is 17.4 Å². The number of benzene rings is 2. The highest BCUT2D eigenvalue weighted by molar-refractivity contribution is 8.00. The Balaban J connectivity index is 1.63. The van der Waals surface area contributed by atoms with Gasteiger partial charge < -0.3 is 29.2 Å². The lowest BCUT2D eigenvalue weighted by Crippen LogP contribution is -2.49. The summed E-state index contributed by atoms with van der Waals surface area (Å²) < 4.78 is 52.9. The van der Waals surface area contributed by atoms with Gasteiger partial charge in [0.15, 0.2) is 11.2 Å². The fraction of sp³-hybridized carbons (Fsp3) is 0.382. The monoisotopic (exact) mass is 746 g/mol. The van der Waals surface area contributed by atoms with E-state index in [1.54, 1.807) is 24.3 Å². The van der Waals surface area contributed by atoms with Crippen LogP contribution in [0.3, 0.4) is 0 Å². The first kappa shape index (κ1) is 39.8. The third-order valence-electron chi connectivity index (χ3n) is 7.14. The van der Waals surface area contributed by atoms with E-state index in [0.717, 1.165) is 43.5 Å². The Labute approximate surface area is 294 Å². The Morgan fingerprint density at radius 3 is 2.47 bits per heavy atom. The van der Waals surface area contributed by atoms with Crippen molar-refractivity contribution < 1.29 is 52.0 Å². The summed E-state index contributed by atoms with van der Waals surface area (Å²) in [6.45, 7) is 3.76.